The molecular formula is C34H40BNO8. The first-order valence-electron chi connectivity index (χ1n) is 15.5. The van der Waals surface area contributed by atoms with E-state index in [9.17, 15) is 24.5 Å². The highest BCUT2D eigenvalue weighted by atomic mass is 16.5. The number of imide groups is 1. The van der Waals surface area contributed by atoms with Crippen molar-refractivity contribution in [3.8, 4) is 11.5 Å². The maximum absolute atomic E-state index is 13.8. The quantitative estimate of drug-likeness (QED) is 0.125. The van der Waals surface area contributed by atoms with Crippen LogP contribution in [0.15, 0.2) is 71.3 Å². The first-order chi connectivity index (χ1) is 21.2. The molecule has 5 rings (SSSR count). The average molecular weight is 602 g/mol. The Kier molecular flexibility index (Phi) is 10.2. The van der Waals surface area contributed by atoms with E-state index in [0.29, 0.717) is 44.3 Å². The predicted octanol–water partition coefficient (Wildman–Crippen LogP) is 5.10. The topological polar surface area (TPSA) is 134 Å². The van der Waals surface area contributed by atoms with E-state index in [-0.39, 0.29) is 49.4 Å². The van der Waals surface area contributed by atoms with Crippen LogP contribution in [-0.4, -0.2) is 64.3 Å². The molecule has 0 radical (unpaired) electrons. The van der Waals surface area contributed by atoms with Gasteiger partial charge in [-0.3, -0.25) is 19.3 Å². The van der Waals surface area contributed by atoms with Crippen LogP contribution in [0, 0.1) is 17.8 Å². The van der Waals surface area contributed by atoms with E-state index in [1.54, 1.807) is 12.1 Å². The molecule has 0 saturated carbocycles. The summed E-state index contributed by atoms with van der Waals surface area (Å²) in [5.74, 6) is -1.83. The highest BCUT2D eigenvalue weighted by Gasteiger charge is 2.57. The number of phenolic OH excluding ortho intramolecular Hbond substituents is 1. The van der Waals surface area contributed by atoms with E-state index in [1.807, 2.05) is 55.5 Å². The number of hydrogen-bond donors (Lipinski definition) is 3. The lowest BCUT2D eigenvalue weighted by Crippen LogP contribution is -2.46. The summed E-state index contributed by atoms with van der Waals surface area (Å²) in [6.07, 6.45) is 5.00. The van der Waals surface area contributed by atoms with Crippen LogP contribution in [0.1, 0.15) is 57.4 Å². The minimum absolute atomic E-state index is 0.0632. The zero-order valence-electron chi connectivity index (χ0n) is 25.1. The van der Waals surface area contributed by atoms with E-state index >= 15 is 0 Å². The molecular weight excluding hydrogens is 561 g/mol. The lowest BCUT2D eigenvalue weighted by Gasteiger charge is -2.43. The number of allylic oxidation sites excluding steroid dienone is 1. The van der Waals surface area contributed by atoms with Crippen LogP contribution in [0.5, 0.6) is 11.5 Å². The van der Waals surface area contributed by atoms with Gasteiger partial charge in [-0.05, 0) is 80.6 Å². The fraction of sp³-hybridized carbons (Fsp3) is 0.441. The normalized spacial score (nSPS) is 23.5. The van der Waals surface area contributed by atoms with E-state index in [4.69, 9.17) is 14.5 Å². The van der Waals surface area contributed by atoms with E-state index in [0.717, 1.165) is 22.3 Å². The molecule has 2 saturated heterocycles. The van der Waals surface area contributed by atoms with Gasteiger partial charge in [0.05, 0.1) is 17.9 Å². The molecule has 44 heavy (non-hydrogen) atoms. The van der Waals surface area contributed by atoms with E-state index in [1.165, 1.54) is 4.90 Å². The number of carbonyl (C=O) groups is 3. The number of carboxylic acid groups (broad SMARTS) is 1. The summed E-state index contributed by atoms with van der Waals surface area (Å²) in [5, 5.41) is 30.0. The number of benzene rings is 2. The Bertz CT molecular complexity index is 1420. The Labute approximate surface area is 258 Å². The average Bonchev–Trinajstić information content (AvgIpc) is 3.24. The van der Waals surface area contributed by atoms with Crippen molar-refractivity contribution in [2.24, 2.45) is 17.8 Å². The standard InChI is InChI=1S/C34H40BNO8/c1-22(18-23-10-7-8-13-28(23)37)15-16-29-31-24(21-43-25-11-4-2-5-12-25)19-26-32(27(31)20-35(42)44-29)34(41)36(33(26)40)17-9-3-6-14-30(38)39/h2,4-5,7-8,10-13,18,26-27,29,32,37,42H,3,6,9,14-17,19-21H2,1H3,(H,38,39)/b22-18+/t26-,27+,29-,32-/m1/s1. The van der Waals surface area contributed by atoms with Crippen molar-refractivity contribution >= 4 is 31.0 Å². The van der Waals surface area contributed by atoms with Gasteiger partial charge in [-0.15, -0.1) is 0 Å². The molecule has 2 heterocycles. The van der Waals surface area contributed by atoms with Crippen LogP contribution in [0.2, 0.25) is 6.32 Å². The molecule has 2 amide bonds. The van der Waals surface area contributed by atoms with Crippen molar-refractivity contribution in [2.75, 3.05) is 13.2 Å². The lowest BCUT2D eigenvalue weighted by molar-refractivity contribution is -0.141. The first kappa shape index (κ1) is 31.5. The molecule has 0 spiro atoms. The maximum atomic E-state index is 13.8. The number of amides is 2. The fourth-order valence-corrected chi connectivity index (χ4v) is 6.90. The van der Waals surface area contributed by atoms with E-state index in [2.05, 4.69) is 0 Å². The number of carboxylic acids is 1. The number of hydrogen-bond acceptors (Lipinski definition) is 7. The Balaban J connectivity index is 1.38. The van der Waals surface area contributed by atoms with Gasteiger partial charge in [-0.2, -0.15) is 0 Å². The van der Waals surface area contributed by atoms with Gasteiger partial charge in [0.2, 0.25) is 11.8 Å². The molecule has 0 unspecified atom stereocenters. The number of rotatable bonds is 13. The van der Waals surface area contributed by atoms with Crippen molar-refractivity contribution in [1.82, 2.24) is 4.90 Å². The molecule has 0 aromatic heterocycles. The molecule has 3 aliphatic rings. The van der Waals surface area contributed by atoms with Crippen molar-refractivity contribution in [3.63, 3.8) is 0 Å². The molecule has 4 atom stereocenters. The lowest BCUT2D eigenvalue weighted by atomic mass is 9.58. The van der Waals surface area contributed by atoms with Gasteiger partial charge >= 0.3 is 13.1 Å². The van der Waals surface area contributed by atoms with Crippen LogP contribution in [0.4, 0.5) is 0 Å². The summed E-state index contributed by atoms with van der Waals surface area (Å²) in [7, 11) is -1.07. The summed E-state index contributed by atoms with van der Waals surface area (Å²) in [6.45, 7) is 2.50. The molecule has 2 fully saturated rings. The summed E-state index contributed by atoms with van der Waals surface area (Å²) >= 11 is 0. The molecule has 2 aromatic rings. The summed E-state index contributed by atoms with van der Waals surface area (Å²) in [5.41, 5.74) is 3.64. The Morgan fingerprint density at radius 1 is 1.02 bits per heavy atom. The molecule has 2 aromatic carbocycles. The maximum Gasteiger partial charge on any atom is 0.455 e. The Morgan fingerprint density at radius 2 is 1.77 bits per heavy atom. The van der Waals surface area contributed by atoms with Crippen molar-refractivity contribution in [1.29, 1.82) is 0 Å². The van der Waals surface area contributed by atoms with E-state index < -0.39 is 31.0 Å². The number of ether oxygens (including phenoxy) is 1. The van der Waals surface area contributed by atoms with Gasteiger partial charge in [0, 0.05) is 18.5 Å². The van der Waals surface area contributed by atoms with Gasteiger partial charge in [0.25, 0.3) is 0 Å². The number of aliphatic carboxylic acids is 1. The summed E-state index contributed by atoms with van der Waals surface area (Å²) in [4.78, 5) is 39.6. The largest absolute Gasteiger partial charge is 0.507 e. The number of likely N-dealkylation sites (tertiary alicyclic amines) is 1. The molecule has 10 heteroatoms. The van der Waals surface area contributed by atoms with Gasteiger partial charge in [0.15, 0.2) is 0 Å². The van der Waals surface area contributed by atoms with Crippen LogP contribution in [0.25, 0.3) is 6.08 Å². The summed E-state index contributed by atoms with van der Waals surface area (Å²) in [6, 6.07) is 16.6. The van der Waals surface area contributed by atoms with Crippen LogP contribution in [-0.2, 0) is 19.0 Å². The highest BCUT2D eigenvalue weighted by molar-refractivity contribution is 6.43. The van der Waals surface area contributed by atoms with Crippen LogP contribution >= 0.6 is 0 Å². The number of unbranched alkanes of at least 4 members (excludes halogenated alkanes) is 2. The third-order valence-corrected chi connectivity index (χ3v) is 8.97. The second kappa shape index (κ2) is 14.3. The number of fused-ring (bicyclic) bond motifs is 3. The number of phenols is 1. The molecule has 2 aliphatic heterocycles. The smallest absolute Gasteiger partial charge is 0.455 e. The molecule has 0 bridgehead atoms. The predicted molar refractivity (Wildman–Crippen MR) is 166 cm³/mol. The Hall–Kier alpha value is -3.89. The van der Waals surface area contributed by atoms with Gasteiger partial charge in [-0.1, -0.05) is 54.5 Å². The second-order valence-electron chi connectivity index (χ2n) is 12.0. The highest BCUT2D eigenvalue weighted by Crippen LogP contribution is 2.50. The minimum Gasteiger partial charge on any atom is -0.507 e. The van der Waals surface area contributed by atoms with Crippen LogP contribution in [0.3, 0.4) is 0 Å². The minimum atomic E-state index is -1.07. The zero-order chi connectivity index (χ0) is 31.2. The van der Waals surface area contributed by atoms with Crippen LogP contribution < -0.4 is 4.74 Å². The number of nitrogens with zero attached hydrogens (tertiary/aromatic N) is 1. The zero-order valence-corrected chi connectivity index (χ0v) is 25.1. The molecule has 3 N–H and O–H groups in total. The number of para-hydroxylation sites is 2. The number of carbonyl (C=O) groups excluding carboxylic acids is 2. The first-order valence-corrected chi connectivity index (χ1v) is 15.5. The van der Waals surface area contributed by atoms with Crippen molar-refractivity contribution in [3.05, 3.63) is 76.9 Å². The van der Waals surface area contributed by atoms with Crippen molar-refractivity contribution in [2.45, 2.75) is 64.3 Å². The monoisotopic (exact) mass is 601 g/mol. The number of aromatic hydroxyl groups is 1. The SMILES string of the molecule is C/C(=C\c1ccccc1O)CC[C@H]1OB(O)C[C@H]2C1=C(COc1ccccc1)C[C@H]1C(=O)N(CCCCCC(=O)O)C(=O)[C@H]12. The second-order valence-corrected chi connectivity index (χ2v) is 12.0. The molecule has 1 aliphatic carbocycles. The van der Waals surface area contributed by atoms with Gasteiger partial charge in [0.1, 0.15) is 18.1 Å². The third kappa shape index (κ3) is 7.25. The fourth-order valence-electron chi connectivity index (χ4n) is 6.90. The summed E-state index contributed by atoms with van der Waals surface area (Å²) < 4.78 is 12.3. The molecule has 232 valence electrons. The van der Waals surface area contributed by atoms with Gasteiger partial charge < -0.3 is 24.6 Å². The van der Waals surface area contributed by atoms with Gasteiger partial charge in [-0.25, -0.2) is 0 Å². The van der Waals surface area contributed by atoms with Crippen molar-refractivity contribution < 1.29 is 39.0 Å². The third-order valence-electron chi connectivity index (χ3n) is 8.97. The molecule has 9 nitrogen and oxygen atoms in total. The Morgan fingerprint density at radius 3 is 2.52 bits per heavy atom.